The maximum atomic E-state index is 12.1. The third kappa shape index (κ3) is 2.95. The van der Waals surface area contributed by atoms with Gasteiger partial charge in [-0.3, -0.25) is 4.79 Å². The molecule has 2 heteroatoms. The van der Waals surface area contributed by atoms with Crippen LogP contribution < -0.4 is 0 Å². The average molecular weight is 245 g/mol. The van der Waals surface area contributed by atoms with Gasteiger partial charge in [-0.1, -0.05) is 48.0 Å². The molecule has 17 heavy (non-hydrogen) atoms. The van der Waals surface area contributed by atoms with Crippen molar-refractivity contribution in [3.05, 3.63) is 70.2 Å². The zero-order valence-electron chi connectivity index (χ0n) is 9.61. The van der Waals surface area contributed by atoms with Crippen molar-refractivity contribution in [2.45, 2.75) is 13.3 Å². The van der Waals surface area contributed by atoms with E-state index in [1.165, 1.54) is 0 Å². The Morgan fingerprint density at radius 2 is 1.82 bits per heavy atom. The monoisotopic (exact) mass is 244 g/mol. The van der Waals surface area contributed by atoms with Gasteiger partial charge in [0.2, 0.25) is 0 Å². The molecule has 2 aromatic carbocycles. The summed E-state index contributed by atoms with van der Waals surface area (Å²) >= 11 is 6.07. The molecule has 0 aromatic heterocycles. The highest BCUT2D eigenvalue weighted by atomic mass is 35.5. The molecule has 86 valence electrons. The molecule has 0 N–H and O–H groups in total. The highest BCUT2D eigenvalue weighted by Crippen LogP contribution is 2.19. The topological polar surface area (TPSA) is 17.1 Å². The molecule has 0 bridgehead atoms. The van der Waals surface area contributed by atoms with Gasteiger partial charge in [0.15, 0.2) is 5.78 Å². The van der Waals surface area contributed by atoms with Crippen LogP contribution in [-0.2, 0) is 6.42 Å². The summed E-state index contributed by atoms with van der Waals surface area (Å²) in [7, 11) is 0. The lowest BCUT2D eigenvalue weighted by Crippen LogP contribution is -2.04. The smallest absolute Gasteiger partial charge is 0.168 e. The van der Waals surface area contributed by atoms with Crippen LogP contribution in [0.5, 0.6) is 0 Å². The van der Waals surface area contributed by atoms with Crippen LogP contribution in [0.2, 0.25) is 5.02 Å². The molecule has 2 aromatic rings. The molecule has 0 aliphatic heterocycles. The van der Waals surface area contributed by atoms with E-state index in [4.69, 9.17) is 11.6 Å². The Morgan fingerprint density at radius 3 is 2.47 bits per heavy atom. The van der Waals surface area contributed by atoms with E-state index in [1.807, 2.05) is 49.4 Å². The summed E-state index contributed by atoms with van der Waals surface area (Å²) in [5.74, 6) is 0.0567. The first kappa shape index (κ1) is 11.9. The number of ketones is 1. The summed E-state index contributed by atoms with van der Waals surface area (Å²) in [5.41, 5.74) is 2.67. The Kier molecular flexibility index (Phi) is 3.60. The molecular weight excluding hydrogens is 232 g/mol. The van der Waals surface area contributed by atoms with Crippen LogP contribution in [0.25, 0.3) is 0 Å². The summed E-state index contributed by atoms with van der Waals surface area (Å²) in [4.78, 5) is 12.1. The van der Waals surface area contributed by atoms with Gasteiger partial charge in [-0.05, 0) is 30.2 Å². The Hall–Kier alpha value is -1.60. The van der Waals surface area contributed by atoms with E-state index < -0.39 is 0 Å². The van der Waals surface area contributed by atoms with Gasteiger partial charge in [0, 0.05) is 12.0 Å². The molecule has 1 nitrogen and oxygen atoms in total. The molecular formula is C15H13ClO. The van der Waals surface area contributed by atoms with E-state index in [2.05, 4.69) is 0 Å². The van der Waals surface area contributed by atoms with Crippen LogP contribution in [0.3, 0.4) is 0 Å². The minimum absolute atomic E-state index is 0.0567. The van der Waals surface area contributed by atoms with E-state index in [-0.39, 0.29) is 5.78 Å². The summed E-state index contributed by atoms with van der Waals surface area (Å²) in [5, 5.41) is 0.533. The number of benzene rings is 2. The van der Waals surface area contributed by atoms with Gasteiger partial charge < -0.3 is 0 Å². The number of carbonyl (C=O) groups excluding carboxylic acids is 1. The SMILES string of the molecule is Cc1ccc(C(=O)Cc2ccccc2)c(Cl)c1. The first-order valence-corrected chi connectivity index (χ1v) is 5.88. The van der Waals surface area contributed by atoms with E-state index in [0.29, 0.717) is 17.0 Å². The molecule has 0 amide bonds. The fourth-order valence-corrected chi connectivity index (χ4v) is 2.06. The molecule has 0 heterocycles. The van der Waals surface area contributed by atoms with Gasteiger partial charge in [-0.25, -0.2) is 0 Å². The Balaban J connectivity index is 2.21. The lowest BCUT2D eigenvalue weighted by molar-refractivity contribution is 0.0993. The zero-order valence-corrected chi connectivity index (χ0v) is 10.4. The lowest BCUT2D eigenvalue weighted by atomic mass is 10.0. The highest BCUT2D eigenvalue weighted by Gasteiger charge is 2.10. The molecule has 0 atom stereocenters. The number of hydrogen-bond donors (Lipinski definition) is 0. The maximum absolute atomic E-state index is 12.1. The molecule has 2 rings (SSSR count). The number of aryl methyl sites for hydroxylation is 1. The van der Waals surface area contributed by atoms with Gasteiger partial charge in [0.1, 0.15) is 0 Å². The number of Topliss-reactive ketones (excluding diaryl/α,β-unsaturated/α-hetero) is 1. The number of rotatable bonds is 3. The number of carbonyl (C=O) groups is 1. The Bertz CT molecular complexity index is 532. The van der Waals surface area contributed by atoms with Crippen LogP contribution in [0.15, 0.2) is 48.5 Å². The van der Waals surface area contributed by atoms with Crippen molar-refractivity contribution in [3.63, 3.8) is 0 Å². The third-order valence-corrected chi connectivity index (χ3v) is 2.95. The van der Waals surface area contributed by atoms with E-state index in [0.717, 1.165) is 11.1 Å². The second-order valence-electron chi connectivity index (χ2n) is 4.07. The molecule has 0 saturated carbocycles. The predicted octanol–water partition coefficient (Wildman–Crippen LogP) is 4.07. The molecule has 0 saturated heterocycles. The van der Waals surface area contributed by atoms with Gasteiger partial charge in [-0.15, -0.1) is 0 Å². The van der Waals surface area contributed by atoms with Crippen LogP contribution in [0.1, 0.15) is 21.5 Å². The van der Waals surface area contributed by atoms with Gasteiger partial charge >= 0.3 is 0 Å². The van der Waals surface area contributed by atoms with Gasteiger partial charge in [0.25, 0.3) is 0 Å². The second kappa shape index (κ2) is 5.15. The number of hydrogen-bond acceptors (Lipinski definition) is 1. The molecule has 0 aliphatic carbocycles. The lowest BCUT2D eigenvalue weighted by Gasteiger charge is -2.04. The quantitative estimate of drug-likeness (QED) is 0.744. The summed E-state index contributed by atoms with van der Waals surface area (Å²) in [6.45, 7) is 1.96. The Morgan fingerprint density at radius 1 is 1.12 bits per heavy atom. The van der Waals surface area contributed by atoms with Gasteiger partial charge in [-0.2, -0.15) is 0 Å². The first-order chi connectivity index (χ1) is 8.16. The predicted molar refractivity (Wildman–Crippen MR) is 70.7 cm³/mol. The van der Waals surface area contributed by atoms with Crippen molar-refractivity contribution >= 4 is 17.4 Å². The molecule has 0 radical (unpaired) electrons. The largest absolute Gasteiger partial charge is 0.294 e. The van der Waals surface area contributed by atoms with Crippen LogP contribution in [0.4, 0.5) is 0 Å². The Labute approximate surface area is 106 Å². The van der Waals surface area contributed by atoms with E-state index in [9.17, 15) is 4.79 Å². The minimum Gasteiger partial charge on any atom is -0.294 e. The van der Waals surface area contributed by atoms with Crippen molar-refractivity contribution in [1.29, 1.82) is 0 Å². The highest BCUT2D eigenvalue weighted by molar-refractivity contribution is 6.34. The molecule has 0 spiro atoms. The van der Waals surface area contributed by atoms with Crippen molar-refractivity contribution < 1.29 is 4.79 Å². The van der Waals surface area contributed by atoms with Crippen molar-refractivity contribution in [2.24, 2.45) is 0 Å². The fraction of sp³-hybridized carbons (Fsp3) is 0.133. The zero-order chi connectivity index (χ0) is 12.3. The van der Waals surface area contributed by atoms with E-state index >= 15 is 0 Å². The minimum atomic E-state index is 0.0567. The summed E-state index contributed by atoms with van der Waals surface area (Å²) in [6.07, 6.45) is 0.392. The van der Waals surface area contributed by atoms with Gasteiger partial charge in [0.05, 0.1) is 5.02 Å². The van der Waals surface area contributed by atoms with Crippen molar-refractivity contribution in [2.75, 3.05) is 0 Å². The van der Waals surface area contributed by atoms with Crippen LogP contribution in [0, 0.1) is 6.92 Å². The maximum Gasteiger partial charge on any atom is 0.168 e. The molecule has 0 unspecified atom stereocenters. The normalized spacial score (nSPS) is 10.2. The molecule has 0 fully saturated rings. The second-order valence-corrected chi connectivity index (χ2v) is 4.48. The van der Waals surface area contributed by atoms with Crippen molar-refractivity contribution in [1.82, 2.24) is 0 Å². The van der Waals surface area contributed by atoms with Crippen LogP contribution in [-0.4, -0.2) is 5.78 Å². The summed E-state index contributed by atoms with van der Waals surface area (Å²) < 4.78 is 0. The summed E-state index contributed by atoms with van der Waals surface area (Å²) in [6, 6.07) is 15.2. The van der Waals surface area contributed by atoms with E-state index in [1.54, 1.807) is 6.07 Å². The first-order valence-electron chi connectivity index (χ1n) is 5.50. The number of halogens is 1. The molecule has 0 aliphatic rings. The standard InChI is InChI=1S/C15H13ClO/c1-11-7-8-13(14(16)9-11)15(17)10-12-5-3-2-4-6-12/h2-9H,10H2,1H3. The van der Waals surface area contributed by atoms with Crippen molar-refractivity contribution in [3.8, 4) is 0 Å². The van der Waals surface area contributed by atoms with Crippen LogP contribution >= 0.6 is 11.6 Å². The fourth-order valence-electron chi connectivity index (χ4n) is 1.72. The third-order valence-electron chi connectivity index (χ3n) is 2.63. The average Bonchev–Trinajstić information content (AvgIpc) is 2.30.